The smallest absolute Gasteiger partial charge is 0.258 e. The van der Waals surface area contributed by atoms with Gasteiger partial charge in [0.2, 0.25) is 0 Å². The van der Waals surface area contributed by atoms with Gasteiger partial charge in [-0.2, -0.15) is 0 Å². The van der Waals surface area contributed by atoms with Crippen LogP contribution in [0.3, 0.4) is 0 Å². The number of hydrogen-bond acceptors (Lipinski definition) is 4. The molecule has 0 spiro atoms. The summed E-state index contributed by atoms with van der Waals surface area (Å²) >= 11 is 0. The highest BCUT2D eigenvalue weighted by Gasteiger charge is 2.26. The van der Waals surface area contributed by atoms with E-state index in [2.05, 4.69) is 22.0 Å². The third-order valence-corrected chi connectivity index (χ3v) is 4.93. The fourth-order valence-electron chi connectivity index (χ4n) is 3.74. The monoisotopic (exact) mass is 349 g/mol. The van der Waals surface area contributed by atoms with E-state index in [-0.39, 0.29) is 5.56 Å². The molecule has 1 aliphatic heterocycles. The Morgan fingerprint density at radius 2 is 2.04 bits per heavy atom. The van der Waals surface area contributed by atoms with Crippen molar-refractivity contribution >= 4 is 5.65 Å². The van der Waals surface area contributed by atoms with Gasteiger partial charge >= 0.3 is 0 Å². The first-order valence-electron chi connectivity index (χ1n) is 9.19. The van der Waals surface area contributed by atoms with Gasteiger partial charge in [-0.3, -0.25) is 14.1 Å². The second-order valence-electron chi connectivity index (χ2n) is 6.65. The van der Waals surface area contributed by atoms with Gasteiger partial charge < -0.3 is 4.74 Å². The van der Waals surface area contributed by atoms with Crippen molar-refractivity contribution < 1.29 is 4.74 Å². The first-order chi connectivity index (χ1) is 12.7. The summed E-state index contributed by atoms with van der Waals surface area (Å²) in [5, 5.41) is 0. The molecule has 1 atom stereocenters. The molecule has 134 valence electrons. The second kappa shape index (κ2) is 7.30. The molecular formula is C21H23N3O2. The van der Waals surface area contributed by atoms with Crippen LogP contribution in [0.15, 0.2) is 59.5 Å². The quantitative estimate of drug-likeness (QED) is 0.708. The maximum atomic E-state index is 12.3. The van der Waals surface area contributed by atoms with E-state index in [1.165, 1.54) is 5.56 Å². The van der Waals surface area contributed by atoms with Gasteiger partial charge in [-0.25, -0.2) is 4.98 Å². The lowest BCUT2D eigenvalue weighted by Gasteiger charge is -2.24. The van der Waals surface area contributed by atoms with Crippen LogP contribution in [0, 0.1) is 0 Å². The molecule has 1 aromatic carbocycles. The minimum atomic E-state index is -0.0255. The summed E-state index contributed by atoms with van der Waals surface area (Å²) in [6.45, 7) is 4.38. The first-order valence-corrected chi connectivity index (χ1v) is 9.19. The summed E-state index contributed by atoms with van der Waals surface area (Å²) in [6.07, 6.45) is 4.04. The highest BCUT2D eigenvalue weighted by Crippen LogP contribution is 2.33. The van der Waals surface area contributed by atoms with Crippen molar-refractivity contribution in [2.24, 2.45) is 0 Å². The van der Waals surface area contributed by atoms with E-state index in [0.29, 0.717) is 24.8 Å². The number of hydrogen-bond donors (Lipinski definition) is 0. The summed E-state index contributed by atoms with van der Waals surface area (Å²) < 4.78 is 7.12. The van der Waals surface area contributed by atoms with Crippen LogP contribution in [0.1, 0.15) is 37.1 Å². The normalized spacial score (nSPS) is 17.7. The van der Waals surface area contributed by atoms with Crippen LogP contribution < -0.4 is 10.3 Å². The van der Waals surface area contributed by atoms with E-state index in [0.717, 1.165) is 30.8 Å². The van der Waals surface area contributed by atoms with Crippen LogP contribution in [0.2, 0.25) is 0 Å². The number of ether oxygens (including phenoxy) is 1. The molecule has 5 nitrogen and oxygen atoms in total. The fraction of sp³-hybridized carbons (Fsp3) is 0.333. The molecule has 0 N–H and O–H groups in total. The zero-order chi connectivity index (χ0) is 17.9. The Labute approximate surface area is 152 Å². The van der Waals surface area contributed by atoms with Gasteiger partial charge in [0, 0.05) is 24.8 Å². The first kappa shape index (κ1) is 16.8. The number of benzene rings is 1. The van der Waals surface area contributed by atoms with Gasteiger partial charge in [0.25, 0.3) is 5.56 Å². The molecule has 0 aliphatic carbocycles. The molecule has 1 saturated heterocycles. The number of rotatable bonds is 5. The van der Waals surface area contributed by atoms with Crippen LogP contribution in [-0.4, -0.2) is 27.4 Å². The van der Waals surface area contributed by atoms with Crippen molar-refractivity contribution in [1.82, 2.24) is 14.3 Å². The largest absolute Gasteiger partial charge is 0.494 e. The average molecular weight is 349 g/mol. The SMILES string of the molecule is CCOc1ccc([C@H]2CCCN2Cc2cc(=O)n3ccccc3n2)cc1. The number of likely N-dealkylation sites (tertiary alicyclic amines) is 1. The summed E-state index contributed by atoms with van der Waals surface area (Å²) in [5.74, 6) is 0.907. The molecule has 2 aromatic heterocycles. The Bertz CT molecular complexity index is 949. The van der Waals surface area contributed by atoms with Crippen molar-refractivity contribution in [3.05, 3.63) is 76.3 Å². The van der Waals surface area contributed by atoms with Crippen LogP contribution >= 0.6 is 0 Å². The maximum Gasteiger partial charge on any atom is 0.258 e. The minimum Gasteiger partial charge on any atom is -0.494 e. The molecule has 5 heteroatoms. The molecule has 4 rings (SSSR count). The number of aromatic nitrogens is 2. The van der Waals surface area contributed by atoms with E-state index in [4.69, 9.17) is 4.74 Å². The predicted octanol–water partition coefficient (Wildman–Crippen LogP) is 3.43. The van der Waals surface area contributed by atoms with E-state index < -0.39 is 0 Å². The summed E-state index contributed by atoms with van der Waals surface area (Å²) in [4.78, 5) is 19.4. The minimum absolute atomic E-state index is 0.0255. The highest BCUT2D eigenvalue weighted by molar-refractivity contribution is 5.38. The van der Waals surface area contributed by atoms with Crippen molar-refractivity contribution in [3.8, 4) is 5.75 Å². The van der Waals surface area contributed by atoms with Crippen molar-refractivity contribution in [2.75, 3.05) is 13.2 Å². The van der Waals surface area contributed by atoms with Gasteiger partial charge in [0.1, 0.15) is 11.4 Å². The zero-order valence-electron chi connectivity index (χ0n) is 15.0. The summed E-state index contributed by atoms with van der Waals surface area (Å²) in [7, 11) is 0. The molecule has 3 aromatic rings. The van der Waals surface area contributed by atoms with Crippen molar-refractivity contribution in [2.45, 2.75) is 32.4 Å². The average Bonchev–Trinajstić information content (AvgIpc) is 3.11. The number of nitrogens with zero attached hydrogens (tertiary/aromatic N) is 3. The van der Waals surface area contributed by atoms with E-state index >= 15 is 0 Å². The molecule has 0 amide bonds. The van der Waals surface area contributed by atoms with Gasteiger partial charge in [-0.1, -0.05) is 18.2 Å². The standard InChI is InChI=1S/C21H23N3O2/c1-2-26-18-10-8-16(9-11-18)19-6-5-12-23(19)15-17-14-21(25)24-13-4-3-7-20(24)22-17/h3-4,7-11,13-14,19H,2,5-6,12,15H2,1H3/t19-/m1/s1. The Morgan fingerprint density at radius 3 is 2.85 bits per heavy atom. The van der Waals surface area contributed by atoms with Crippen LogP contribution in [0.25, 0.3) is 5.65 Å². The molecule has 0 bridgehead atoms. The predicted molar refractivity (Wildman–Crippen MR) is 101 cm³/mol. The Morgan fingerprint density at radius 1 is 1.19 bits per heavy atom. The molecule has 0 saturated carbocycles. The summed E-state index contributed by atoms with van der Waals surface area (Å²) in [5.41, 5.74) is 2.80. The molecule has 0 unspecified atom stereocenters. The molecule has 1 fully saturated rings. The van der Waals surface area contributed by atoms with Gasteiger partial charge in [-0.15, -0.1) is 0 Å². The zero-order valence-corrected chi connectivity index (χ0v) is 15.0. The molecule has 0 radical (unpaired) electrons. The van der Waals surface area contributed by atoms with Crippen LogP contribution in [-0.2, 0) is 6.54 Å². The van der Waals surface area contributed by atoms with Crippen LogP contribution in [0.5, 0.6) is 5.75 Å². The van der Waals surface area contributed by atoms with E-state index in [9.17, 15) is 4.79 Å². The van der Waals surface area contributed by atoms with Gasteiger partial charge in [-0.05, 0) is 56.1 Å². The number of fused-ring (bicyclic) bond motifs is 1. The molecule has 1 aliphatic rings. The number of pyridine rings is 1. The lowest BCUT2D eigenvalue weighted by molar-refractivity contribution is 0.245. The third kappa shape index (κ3) is 3.35. The fourth-order valence-corrected chi connectivity index (χ4v) is 3.74. The lowest BCUT2D eigenvalue weighted by Crippen LogP contribution is -2.25. The maximum absolute atomic E-state index is 12.3. The van der Waals surface area contributed by atoms with E-state index in [1.54, 1.807) is 16.7 Å². The van der Waals surface area contributed by atoms with Crippen molar-refractivity contribution in [1.29, 1.82) is 0 Å². The van der Waals surface area contributed by atoms with Gasteiger partial charge in [0.05, 0.1) is 12.3 Å². The molecule has 26 heavy (non-hydrogen) atoms. The Kier molecular flexibility index (Phi) is 4.71. The van der Waals surface area contributed by atoms with Crippen LogP contribution in [0.4, 0.5) is 0 Å². The second-order valence-corrected chi connectivity index (χ2v) is 6.65. The third-order valence-electron chi connectivity index (χ3n) is 4.93. The Balaban J connectivity index is 1.56. The summed E-state index contributed by atoms with van der Waals surface area (Å²) in [6, 6.07) is 16.0. The Hall–Kier alpha value is -2.66. The molecule has 3 heterocycles. The topological polar surface area (TPSA) is 46.8 Å². The van der Waals surface area contributed by atoms with Gasteiger partial charge in [0.15, 0.2) is 0 Å². The lowest BCUT2D eigenvalue weighted by atomic mass is 10.0. The highest BCUT2D eigenvalue weighted by atomic mass is 16.5. The van der Waals surface area contributed by atoms with Crippen molar-refractivity contribution in [3.63, 3.8) is 0 Å². The molecular weight excluding hydrogens is 326 g/mol. The van der Waals surface area contributed by atoms with E-state index in [1.807, 2.05) is 37.3 Å².